The van der Waals surface area contributed by atoms with E-state index in [2.05, 4.69) is 58.0 Å². The molecule has 0 aromatic heterocycles. The molecule has 0 amide bonds. The van der Waals surface area contributed by atoms with Crippen molar-refractivity contribution in [1.29, 1.82) is 0 Å². The average Bonchev–Trinajstić information content (AvgIpc) is 2.23. The third kappa shape index (κ3) is 4.98. The fourth-order valence-electron chi connectivity index (χ4n) is 1.75. The highest BCUT2D eigenvalue weighted by Crippen LogP contribution is 2.16. The Hall–Kier alpha value is -0.0831. The molecule has 0 saturated heterocycles. The third-order valence-corrected chi connectivity index (χ3v) is 5.74. The van der Waals surface area contributed by atoms with Gasteiger partial charge < -0.3 is 4.90 Å². The molecule has 90 valence electrons. The molecule has 0 fully saturated rings. The van der Waals surface area contributed by atoms with Gasteiger partial charge >= 0.3 is 0 Å². The highest BCUT2D eigenvalue weighted by Gasteiger charge is 2.25. The minimum atomic E-state index is -1.21. The third-order valence-electron chi connectivity index (χ3n) is 3.46. The molecule has 0 radical (unpaired) electrons. The fourth-order valence-corrected chi connectivity index (χ4v) is 3.44. The molecule has 0 aliphatic carbocycles. The van der Waals surface area contributed by atoms with Gasteiger partial charge in [0, 0.05) is 12.1 Å². The molecule has 0 bridgehead atoms. The van der Waals surface area contributed by atoms with Crippen LogP contribution in [0.2, 0.25) is 13.1 Å². The first-order valence-electron chi connectivity index (χ1n) is 6.27. The predicted octanol–water partition coefficient (Wildman–Crippen LogP) is 3.86. The second kappa shape index (κ2) is 6.49. The van der Waals surface area contributed by atoms with Crippen LogP contribution in [0.25, 0.3) is 0 Å². The normalized spacial score (nSPS) is 16.5. The van der Waals surface area contributed by atoms with Crippen LogP contribution in [0, 0.1) is 0 Å². The van der Waals surface area contributed by atoms with Crippen molar-refractivity contribution >= 4 is 8.07 Å². The van der Waals surface area contributed by atoms with Gasteiger partial charge in [0.1, 0.15) is 0 Å². The molecule has 2 unspecified atom stereocenters. The first kappa shape index (κ1) is 14.9. The lowest BCUT2D eigenvalue weighted by atomic mass is 10.1. The van der Waals surface area contributed by atoms with Gasteiger partial charge in [-0.2, -0.15) is 0 Å². The molecule has 0 aliphatic heterocycles. The second-order valence-electron chi connectivity index (χ2n) is 5.38. The van der Waals surface area contributed by atoms with Crippen molar-refractivity contribution in [3.8, 4) is 0 Å². The van der Waals surface area contributed by atoms with E-state index in [1.54, 1.807) is 0 Å². The van der Waals surface area contributed by atoms with Gasteiger partial charge in [0.15, 0.2) is 0 Å². The molecule has 0 aromatic rings. The van der Waals surface area contributed by atoms with E-state index < -0.39 is 8.07 Å². The summed E-state index contributed by atoms with van der Waals surface area (Å²) >= 11 is 0. The van der Waals surface area contributed by atoms with Crippen LogP contribution in [0.3, 0.4) is 0 Å². The maximum absolute atomic E-state index is 3.99. The van der Waals surface area contributed by atoms with Gasteiger partial charge in [-0.1, -0.05) is 26.9 Å². The molecule has 0 aliphatic rings. The summed E-state index contributed by atoms with van der Waals surface area (Å²) in [6, 6.07) is 1.40. The van der Waals surface area contributed by atoms with Crippen molar-refractivity contribution in [2.45, 2.75) is 65.7 Å². The van der Waals surface area contributed by atoms with E-state index in [1.165, 1.54) is 19.0 Å². The predicted molar refractivity (Wildman–Crippen MR) is 73.9 cm³/mol. The number of nitrogens with zero attached hydrogens (tertiary/aromatic N) is 1. The Morgan fingerprint density at radius 3 is 1.80 bits per heavy atom. The molecule has 0 N–H and O–H groups in total. The molecule has 0 saturated carbocycles. The Morgan fingerprint density at radius 2 is 1.53 bits per heavy atom. The van der Waals surface area contributed by atoms with Gasteiger partial charge in [-0.05, 0) is 32.9 Å². The lowest BCUT2D eigenvalue weighted by molar-refractivity contribution is 0.172. The summed E-state index contributed by atoms with van der Waals surface area (Å²) in [5, 5.41) is 0. The molecule has 0 spiro atoms. The molecule has 15 heavy (non-hydrogen) atoms. The van der Waals surface area contributed by atoms with Gasteiger partial charge in [-0.3, -0.25) is 0 Å². The number of rotatable bonds is 7. The molecule has 2 atom stereocenters. The zero-order valence-electron chi connectivity index (χ0n) is 11.5. The zero-order chi connectivity index (χ0) is 12.1. The highest BCUT2D eigenvalue weighted by molar-refractivity contribution is 6.82. The van der Waals surface area contributed by atoms with Crippen LogP contribution in [-0.2, 0) is 0 Å². The highest BCUT2D eigenvalue weighted by atomic mass is 28.3. The molecule has 0 heterocycles. The van der Waals surface area contributed by atoms with Gasteiger partial charge in [0.05, 0.1) is 8.07 Å². The Morgan fingerprint density at radius 1 is 1.13 bits per heavy atom. The number of hydrogen-bond acceptors (Lipinski definition) is 1. The zero-order valence-corrected chi connectivity index (χ0v) is 12.5. The van der Waals surface area contributed by atoms with Crippen LogP contribution in [-0.4, -0.2) is 31.2 Å². The quantitative estimate of drug-likeness (QED) is 0.597. The van der Waals surface area contributed by atoms with E-state index in [1.807, 2.05) is 0 Å². The van der Waals surface area contributed by atoms with E-state index >= 15 is 0 Å². The smallest absolute Gasteiger partial charge is 0.0854 e. The van der Waals surface area contributed by atoms with Crippen LogP contribution in [0.5, 0.6) is 0 Å². The van der Waals surface area contributed by atoms with Crippen molar-refractivity contribution in [1.82, 2.24) is 4.90 Å². The van der Waals surface area contributed by atoms with E-state index in [4.69, 9.17) is 0 Å². The van der Waals surface area contributed by atoms with Gasteiger partial charge in [0.25, 0.3) is 0 Å². The molecule has 2 heteroatoms. The Labute approximate surface area is 97.6 Å². The summed E-state index contributed by atoms with van der Waals surface area (Å²) in [5.74, 6) is 0. The summed E-state index contributed by atoms with van der Waals surface area (Å²) in [6.45, 7) is 18.0. The molecular formula is C13H29NSi. The molecule has 1 nitrogen and oxygen atoms in total. The minimum Gasteiger partial charge on any atom is -0.300 e. The van der Waals surface area contributed by atoms with Crippen molar-refractivity contribution in [3.63, 3.8) is 0 Å². The fraction of sp³-hybridized carbons (Fsp3) is 0.846. The summed E-state index contributed by atoms with van der Waals surface area (Å²) in [7, 11) is -1.21. The van der Waals surface area contributed by atoms with Gasteiger partial charge in [0.2, 0.25) is 0 Å². The van der Waals surface area contributed by atoms with Crippen molar-refractivity contribution in [3.05, 3.63) is 12.3 Å². The van der Waals surface area contributed by atoms with Crippen LogP contribution in [0.1, 0.15) is 40.5 Å². The van der Waals surface area contributed by atoms with Gasteiger partial charge in [-0.15, -0.1) is 12.3 Å². The Balaban J connectivity index is 4.57. The number of hydrogen-bond donors (Lipinski definition) is 0. The van der Waals surface area contributed by atoms with E-state index in [-0.39, 0.29) is 0 Å². The van der Waals surface area contributed by atoms with Crippen molar-refractivity contribution in [2.24, 2.45) is 0 Å². The summed E-state index contributed by atoms with van der Waals surface area (Å²) in [6.07, 6.45) is 3.73. The molecule has 0 aromatic carbocycles. The van der Waals surface area contributed by atoms with Crippen LogP contribution in [0.15, 0.2) is 12.3 Å². The molecule has 0 rings (SSSR count). The van der Waals surface area contributed by atoms with Gasteiger partial charge in [-0.25, -0.2) is 0 Å². The molecular weight excluding hydrogens is 198 g/mol. The summed E-state index contributed by atoms with van der Waals surface area (Å²) in [5.41, 5.74) is 2.21. The van der Waals surface area contributed by atoms with E-state index in [0.717, 1.165) is 0 Å². The maximum atomic E-state index is 3.99. The lowest BCUT2D eigenvalue weighted by Crippen LogP contribution is -2.49. The Bertz CT molecular complexity index is 179. The largest absolute Gasteiger partial charge is 0.300 e. The first-order chi connectivity index (χ1) is 6.87. The maximum Gasteiger partial charge on any atom is 0.0854 e. The first-order valence-corrected chi connectivity index (χ1v) is 9.55. The standard InChI is InChI=1S/C13H29NSi/c1-8-12(4)14(13(5)9-2)11-15(6,7)10-3/h10,12-13H,3,8-9,11H2,1-2,4-7H3. The monoisotopic (exact) mass is 227 g/mol. The van der Waals surface area contributed by atoms with Crippen LogP contribution < -0.4 is 0 Å². The summed E-state index contributed by atoms with van der Waals surface area (Å²) in [4.78, 5) is 2.67. The SMILES string of the molecule is C=C[Si](C)(C)CN(C(C)CC)C(C)CC. The Kier molecular flexibility index (Phi) is 6.45. The van der Waals surface area contributed by atoms with E-state index in [9.17, 15) is 0 Å². The van der Waals surface area contributed by atoms with Crippen LogP contribution in [0.4, 0.5) is 0 Å². The second-order valence-corrected chi connectivity index (χ2v) is 10.1. The lowest BCUT2D eigenvalue weighted by Gasteiger charge is -2.38. The average molecular weight is 227 g/mol. The van der Waals surface area contributed by atoms with E-state index in [0.29, 0.717) is 12.1 Å². The minimum absolute atomic E-state index is 0.701. The van der Waals surface area contributed by atoms with Crippen molar-refractivity contribution < 1.29 is 0 Å². The topological polar surface area (TPSA) is 3.24 Å². The van der Waals surface area contributed by atoms with Crippen LogP contribution >= 0.6 is 0 Å². The van der Waals surface area contributed by atoms with Crippen molar-refractivity contribution in [2.75, 3.05) is 6.17 Å². The summed E-state index contributed by atoms with van der Waals surface area (Å²) < 4.78 is 0.